The summed E-state index contributed by atoms with van der Waals surface area (Å²) in [5.41, 5.74) is 0. The van der Waals surface area contributed by atoms with E-state index in [9.17, 15) is 0 Å². The molecule has 0 amide bonds. The van der Waals surface area contributed by atoms with Gasteiger partial charge in [0.2, 0.25) is 0 Å². The maximum absolute atomic E-state index is 8.68. The van der Waals surface area contributed by atoms with E-state index >= 15 is 0 Å². The first-order valence-electron chi connectivity index (χ1n) is 6.88. The first-order chi connectivity index (χ1) is 11.2. The third kappa shape index (κ3) is 6.01. The Kier molecular flexibility index (Phi) is 7.65. The average molecular weight is 438 g/mol. The second kappa shape index (κ2) is 9.75. The van der Waals surface area contributed by atoms with E-state index in [2.05, 4.69) is 91.0 Å². The Labute approximate surface area is 146 Å². The minimum absolute atomic E-state index is 0.446. The topological polar surface area (TPSA) is 66.3 Å². The maximum Gasteiger partial charge on any atom is 0.503 e. The quantitative estimate of drug-likeness (QED) is 0.364. The van der Waals surface area contributed by atoms with Gasteiger partial charge in [0.25, 0.3) is 0 Å². The molecule has 118 valence electrons. The zero-order chi connectivity index (χ0) is 16.5. The van der Waals surface area contributed by atoms with Gasteiger partial charge in [0.05, 0.1) is 0 Å². The van der Waals surface area contributed by atoms with Crippen LogP contribution in [0.5, 0.6) is 0 Å². The van der Waals surface area contributed by atoms with E-state index in [1.54, 1.807) is 0 Å². The monoisotopic (exact) mass is 438 g/mol. The van der Waals surface area contributed by atoms with Crippen LogP contribution in [0.25, 0.3) is 0 Å². The minimum Gasteiger partial charge on any atom is -0.396 e. The van der Waals surface area contributed by atoms with Gasteiger partial charge in [-0.3, -0.25) is 0 Å². The van der Waals surface area contributed by atoms with Crippen molar-refractivity contribution in [2.75, 3.05) is 0 Å². The van der Waals surface area contributed by atoms with Crippen molar-refractivity contribution in [2.45, 2.75) is 0 Å². The van der Waals surface area contributed by atoms with E-state index in [0.717, 1.165) is 0 Å². The Balaban J connectivity index is 0.000000433. The van der Waals surface area contributed by atoms with Crippen molar-refractivity contribution < 1.29 is 31.4 Å². The fraction of sp³-hybridized carbons (Fsp3) is 0. The van der Waals surface area contributed by atoms with Crippen molar-refractivity contribution in [1.29, 1.82) is 0 Å². The van der Waals surface area contributed by atoms with Crippen LogP contribution in [0.1, 0.15) is 0 Å². The average Bonchev–Trinajstić information content (AvgIpc) is 2.58. The Morgan fingerprint density at radius 2 is 0.783 bits per heavy atom. The molecule has 3 aromatic carbocycles. The summed E-state index contributed by atoms with van der Waals surface area (Å²) < 4.78 is 24.5. The van der Waals surface area contributed by atoms with Gasteiger partial charge in [0.15, 0.2) is 0 Å². The summed E-state index contributed by atoms with van der Waals surface area (Å²) in [5.74, 6) is 0. The third-order valence-corrected chi connectivity index (χ3v) is 5.49. The van der Waals surface area contributed by atoms with Crippen LogP contribution < -0.4 is 43.8 Å². The van der Waals surface area contributed by atoms with E-state index in [4.69, 9.17) is 10.3 Å². The molecule has 0 aliphatic heterocycles. The maximum atomic E-state index is 8.68. The van der Waals surface area contributed by atoms with Crippen LogP contribution in [0.3, 0.4) is 0 Å². The van der Waals surface area contributed by atoms with Gasteiger partial charge in [-0.05, 0) is 27.3 Å². The van der Waals surface area contributed by atoms with E-state index in [1.165, 1.54) is 15.9 Å². The van der Waals surface area contributed by atoms with Crippen LogP contribution in [0, 0.1) is 0 Å². The summed E-state index contributed by atoms with van der Waals surface area (Å²) in [6.07, 6.45) is 0. The summed E-state index contributed by atoms with van der Waals surface area (Å²) in [6, 6.07) is 32.3. The van der Waals surface area contributed by atoms with Crippen molar-refractivity contribution >= 4 is 23.8 Å². The van der Waals surface area contributed by atoms with Gasteiger partial charge in [-0.2, -0.15) is 0 Å². The Hall–Kier alpha value is -1.30. The molecule has 0 heterocycles. The molecule has 0 aliphatic carbocycles. The molecule has 3 aromatic rings. The first-order valence-corrected chi connectivity index (χ1v) is 10.9. The highest BCUT2D eigenvalue weighted by Crippen LogP contribution is 2.32. The lowest BCUT2D eigenvalue weighted by atomic mass is 10.4. The van der Waals surface area contributed by atoms with Crippen LogP contribution in [-0.2, 0) is 0 Å². The summed E-state index contributed by atoms with van der Waals surface area (Å²) >= 11 is -3.76. The molecular formula is C18H16IO3P. The van der Waals surface area contributed by atoms with Gasteiger partial charge < -0.3 is 6.87 Å². The molecule has 0 aliphatic rings. The predicted octanol–water partition coefficient (Wildman–Crippen LogP) is -2.49. The number of benzene rings is 3. The molecule has 0 saturated heterocycles. The van der Waals surface area contributed by atoms with Crippen LogP contribution in [0.2, 0.25) is 0 Å². The van der Waals surface area contributed by atoms with Gasteiger partial charge >= 0.3 is 21.1 Å². The number of halogens is 1. The lowest BCUT2D eigenvalue weighted by molar-refractivity contribution is -1.63. The molecule has 3 nitrogen and oxygen atoms in total. The van der Waals surface area contributed by atoms with Gasteiger partial charge in [-0.15, -0.1) is 0 Å². The summed E-state index contributed by atoms with van der Waals surface area (Å²) in [6.45, 7) is 0. The van der Waals surface area contributed by atoms with Gasteiger partial charge in [-0.25, -0.2) is 0 Å². The van der Waals surface area contributed by atoms with Gasteiger partial charge in [-0.1, -0.05) is 91.0 Å². The Morgan fingerprint density at radius 3 is 1.00 bits per heavy atom. The molecule has 0 radical (unpaired) electrons. The van der Waals surface area contributed by atoms with Crippen LogP contribution in [0.15, 0.2) is 91.0 Å². The predicted molar refractivity (Wildman–Crippen MR) is 87.4 cm³/mol. The molecule has 0 fully saturated rings. The number of rotatable bonds is 3. The first kappa shape index (κ1) is 18.0. The van der Waals surface area contributed by atoms with E-state index in [1.807, 2.05) is 0 Å². The van der Waals surface area contributed by atoms with Crippen LogP contribution in [0.4, 0.5) is 0 Å². The van der Waals surface area contributed by atoms with Gasteiger partial charge in [0.1, 0.15) is 0 Å². The van der Waals surface area contributed by atoms with E-state index in [0.29, 0.717) is 0 Å². The molecule has 23 heavy (non-hydrogen) atoms. The number of hydrogen-bond donors (Lipinski definition) is 1. The lowest BCUT2D eigenvalue weighted by Crippen LogP contribution is -3.98. The van der Waals surface area contributed by atoms with Crippen molar-refractivity contribution in [3.63, 3.8) is 0 Å². The molecule has 1 N–H and O–H groups in total. The highest BCUT2D eigenvalue weighted by atomic mass is 127. The largest absolute Gasteiger partial charge is 0.503 e. The molecule has 0 bridgehead atoms. The Bertz CT molecular complexity index is 582. The van der Waals surface area contributed by atoms with Crippen LogP contribution in [-0.4, -0.2) is 3.44 Å². The standard InChI is InChI=1S/C18H15P.HIO3/c1-4-10-16(11-5-1)19(17-12-6-2-7-13-17)18-14-8-3-9-15-18;2-1(3)4/h1-15H;2H. The molecule has 0 unspecified atom stereocenters. The molecule has 0 saturated carbocycles. The summed E-state index contributed by atoms with van der Waals surface area (Å²) in [5, 5.41) is 4.19. The summed E-state index contributed by atoms with van der Waals surface area (Å²) in [7, 11) is -0.446. The van der Waals surface area contributed by atoms with Crippen molar-refractivity contribution in [1.82, 2.24) is 0 Å². The summed E-state index contributed by atoms with van der Waals surface area (Å²) in [4.78, 5) is 0. The second-order valence-corrected chi connectivity index (χ2v) is 7.91. The number of hydrogen-bond acceptors (Lipinski definition) is 3. The molecular weight excluding hydrogens is 422 g/mol. The molecule has 0 spiro atoms. The van der Waals surface area contributed by atoms with Crippen LogP contribution >= 0.6 is 7.92 Å². The molecule has 0 atom stereocenters. The highest BCUT2D eigenvalue weighted by molar-refractivity contribution is 7.79. The van der Waals surface area contributed by atoms with E-state index in [-0.39, 0.29) is 0 Å². The fourth-order valence-electron chi connectivity index (χ4n) is 2.18. The fourth-order valence-corrected chi connectivity index (χ4v) is 4.48. The Morgan fingerprint density at radius 1 is 0.565 bits per heavy atom. The second-order valence-electron chi connectivity index (χ2n) is 4.54. The van der Waals surface area contributed by atoms with Crippen molar-refractivity contribution in [3.05, 3.63) is 91.0 Å². The zero-order valence-electron chi connectivity index (χ0n) is 12.2. The molecule has 0 aromatic heterocycles. The van der Waals surface area contributed by atoms with Crippen molar-refractivity contribution in [3.8, 4) is 0 Å². The zero-order valence-corrected chi connectivity index (χ0v) is 15.3. The SMILES string of the molecule is [O-][I+2]([O-])O.c1ccc(P(c2ccccc2)c2ccccc2)cc1. The molecule has 3 rings (SSSR count). The van der Waals surface area contributed by atoms with E-state index < -0.39 is 29.0 Å². The highest BCUT2D eigenvalue weighted by Gasteiger charge is 2.14. The lowest BCUT2D eigenvalue weighted by Gasteiger charge is -2.18. The van der Waals surface area contributed by atoms with Crippen molar-refractivity contribution in [2.24, 2.45) is 0 Å². The van der Waals surface area contributed by atoms with Gasteiger partial charge in [0, 0.05) is 0 Å². The minimum atomic E-state index is -3.76. The smallest absolute Gasteiger partial charge is 0.396 e. The normalized spacial score (nSPS) is 10.3. The third-order valence-electron chi connectivity index (χ3n) is 3.04. The molecule has 5 heteroatoms.